The summed E-state index contributed by atoms with van der Waals surface area (Å²) in [6.07, 6.45) is 0.649. The van der Waals surface area contributed by atoms with Gasteiger partial charge in [-0.3, -0.25) is 9.36 Å². The Morgan fingerprint density at radius 2 is 1.66 bits per heavy atom. The predicted molar refractivity (Wildman–Crippen MR) is 124 cm³/mol. The second kappa shape index (κ2) is 9.06. The largest absolute Gasteiger partial charge is 0.465 e. The summed E-state index contributed by atoms with van der Waals surface area (Å²) in [6, 6.07) is 24.7. The van der Waals surface area contributed by atoms with E-state index in [0.717, 1.165) is 22.7 Å². The highest BCUT2D eigenvalue weighted by molar-refractivity contribution is 8.00. The average molecular weight is 464 g/mol. The molecule has 32 heavy (non-hydrogen) atoms. The summed E-state index contributed by atoms with van der Waals surface area (Å²) in [5.41, 5.74) is 1.72. The molecule has 1 aromatic heterocycles. The minimum Gasteiger partial charge on any atom is -0.465 e. The van der Waals surface area contributed by atoms with Crippen LogP contribution in [0.2, 0.25) is 5.02 Å². The molecule has 1 saturated heterocycles. The second-order valence-corrected chi connectivity index (χ2v) is 8.73. The average Bonchev–Trinajstić information content (AvgIpc) is 3.42. The van der Waals surface area contributed by atoms with Gasteiger partial charge in [0.25, 0.3) is 0 Å². The molecule has 4 aromatic rings. The van der Waals surface area contributed by atoms with Gasteiger partial charge in [0.1, 0.15) is 16.7 Å². The molecule has 0 aliphatic carbocycles. The number of carbonyl (C=O) groups excluding carboxylic acids is 1. The Bertz CT molecular complexity index is 1230. The number of hydrogen-bond acceptors (Lipinski definition) is 6. The molecule has 1 aliphatic rings. The van der Waals surface area contributed by atoms with E-state index in [4.69, 9.17) is 21.1 Å². The molecule has 160 valence electrons. The Hall–Kier alpha value is -3.29. The Balaban J connectivity index is 1.50. The van der Waals surface area contributed by atoms with Gasteiger partial charge in [-0.25, -0.2) is 0 Å². The summed E-state index contributed by atoms with van der Waals surface area (Å²) < 4.78 is 13.0. The number of carbonyl (C=O) groups is 1. The fourth-order valence-corrected chi connectivity index (χ4v) is 4.51. The first kappa shape index (κ1) is 20.6. The van der Waals surface area contributed by atoms with Gasteiger partial charge in [-0.05, 0) is 60.7 Å². The number of esters is 1. The Morgan fingerprint density at radius 1 is 0.938 bits per heavy atom. The van der Waals surface area contributed by atoms with Gasteiger partial charge in [-0.2, -0.15) is 0 Å². The summed E-state index contributed by atoms with van der Waals surface area (Å²) in [4.78, 5) is 12.0. The first-order chi connectivity index (χ1) is 15.7. The van der Waals surface area contributed by atoms with E-state index < -0.39 is 0 Å². The first-order valence-electron chi connectivity index (χ1n) is 10.1. The number of nitrogens with zero attached hydrogens (tertiary/aromatic N) is 3. The number of ether oxygens (including phenoxy) is 2. The molecule has 1 unspecified atom stereocenters. The van der Waals surface area contributed by atoms with Crippen LogP contribution in [-0.2, 0) is 9.53 Å². The monoisotopic (exact) mass is 463 g/mol. The van der Waals surface area contributed by atoms with Crippen molar-refractivity contribution in [1.82, 2.24) is 14.8 Å². The van der Waals surface area contributed by atoms with Gasteiger partial charge in [0.2, 0.25) is 0 Å². The van der Waals surface area contributed by atoms with Crippen molar-refractivity contribution in [1.29, 1.82) is 0 Å². The van der Waals surface area contributed by atoms with E-state index in [1.54, 1.807) is 0 Å². The molecule has 0 spiro atoms. The Labute approximate surface area is 194 Å². The van der Waals surface area contributed by atoms with Crippen molar-refractivity contribution in [2.75, 3.05) is 6.61 Å². The summed E-state index contributed by atoms with van der Waals surface area (Å²) in [7, 11) is 0. The maximum absolute atomic E-state index is 12.0. The third-order valence-corrected chi connectivity index (χ3v) is 6.38. The Kier molecular flexibility index (Phi) is 5.83. The van der Waals surface area contributed by atoms with Gasteiger partial charge < -0.3 is 9.47 Å². The van der Waals surface area contributed by atoms with Crippen molar-refractivity contribution in [2.24, 2.45) is 0 Å². The summed E-state index contributed by atoms with van der Waals surface area (Å²) in [5.74, 6) is 1.92. The lowest BCUT2D eigenvalue weighted by Gasteiger charge is -2.13. The van der Waals surface area contributed by atoms with Crippen LogP contribution in [-0.4, -0.2) is 32.6 Å². The normalized spacial score (nSPS) is 15.5. The minimum absolute atomic E-state index is 0.218. The van der Waals surface area contributed by atoms with Crippen molar-refractivity contribution in [2.45, 2.75) is 16.8 Å². The molecular formula is C24H18ClN3O3S. The molecular weight excluding hydrogens is 446 g/mol. The van der Waals surface area contributed by atoms with Crippen molar-refractivity contribution in [3.63, 3.8) is 0 Å². The topological polar surface area (TPSA) is 66.2 Å². The summed E-state index contributed by atoms with van der Waals surface area (Å²) in [5, 5.41) is 9.77. The lowest BCUT2D eigenvalue weighted by molar-refractivity contribution is -0.137. The fraction of sp³-hybridized carbons (Fsp3) is 0.125. The number of rotatable bonds is 6. The number of benzene rings is 3. The third-order valence-electron chi connectivity index (χ3n) is 4.94. The molecule has 0 bridgehead atoms. The molecule has 1 atom stereocenters. The standard InChI is InChI=1S/C24H18ClN3O3S/c25-17-8-6-16(7-9-17)22-26-27-24(32-21-14-15-30-23(21)29)28(22)18-10-12-20(13-11-18)31-19-4-2-1-3-5-19/h1-13,21H,14-15H2. The second-order valence-electron chi connectivity index (χ2n) is 7.12. The zero-order valence-electron chi connectivity index (χ0n) is 16.8. The molecule has 8 heteroatoms. The summed E-state index contributed by atoms with van der Waals surface area (Å²) >= 11 is 7.43. The number of hydrogen-bond donors (Lipinski definition) is 0. The lowest BCUT2D eigenvalue weighted by Crippen LogP contribution is -2.11. The molecule has 5 rings (SSSR count). The van der Waals surface area contributed by atoms with Crippen LogP contribution in [0.3, 0.4) is 0 Å². The van der Waals surface area contributed by atoms with E-state index in [-0.39, 0.29) is 11.2 Å². The fourth-order valence-electron chi connectivity index (χ4n) is 3.36. The van der Waals surface area contributed by atoms with Gasteiger partial charge >= 0.3 is 5.97 Å². The maximum atomic E-state index is 12.0. The maximum Gasteiger partial charge on any atom is 0.319 e. The van der Waals surface area contributed by atoms with Crippen molar-refractivity contribution < 1.29 is 14.3 Å². The SMILES string of the molecule is O=C1OCCC1Sc1nnc(-c2ccc(Cl)cc2)n1-c1ccc(Oc2ccccc2)cc1. The van der Waals surface area contributed by atoms with Crippen LogP contribution in [0.25, 0.3) is 17.1 Å². The smallest absolute Gasteiger partial charge is 0.319 e. The van der Waals surface area contributed by atoms with Gasteiger partial charge in [0, 0.05) is 22.7 Å². The van der Waals surface area contributed by atoms with Crippen LogP contribution in [0.15, 0.2) is 84.0 Å². The van der Waals surface area contributed by atoms with Gasteiger partial charge in [0.15, 0.2) is 11.0 Å². The number of para-hydroxylation sites is 1. The molecule has 0 saturated carbocycles. The van der Waals surface area contributed by atoms with Gasteiger partial charge in [-0.1, -0.05) is 41.6 Å². The van der Waals surface area contributed by atoms with E-state index in [2.05, 4.69) is 10.2 Å². The highest BCUT2D eigenvalue weighted by Crippen LogP contribution is 2.34. The van der Waals surface area contributed by atoms with Crippen LogP contribution < -0.4 is 4.74 Å². The van der Waals surface area contributed by atoms with E-state index in [1.165, 1.54) is 11.8 Å². The first-order valence-corrected chi connectivity index (χ1v) is 11.3. The van der Waals surface area contributed by atoms with Crippen LogP contribution >= 0.6 is 23.4 Å². The molecule has 6 nitrogen and oxygen atoms in total. The molecule has 3 aromatic carbocycles. The molecule has 0 amide bonds. The van der Waals surface area contributed by atoms with Crippen LogP contribution in [0.5, 0.6) is 11.5 Å². The molecule has 2 heterocycles. The third kappa shape index (κ3) is 4.35. The van der Waals surface area contributed by atoms with Crippen molar-refractivity contribution in [3.05, 3.63) is 83.9 Å². The van der Waals surface area contributed by atoms with Gasteiger partial charge in [0.05, 0.1) is 6.61 Å². The van der Waals surface area contributed by atoms with Crippen molar-refractivity contribution in [3.8, 4) is 28.6 Å². The molecule has 1 aliphatic heterocycles. The number of halogens is 1. The van der Waals surface area contributed by atoms with Crippen molar-refractivity contribution >= 4 is 29.3 Å². The lowest BCUT2D eigenvalue weighted by atomic mass is 10.2. The number of aromatic nitrogens is 3. The molecule has 0 N–H and O–H groups in total. The van der Waals surface area contributed by atoms with Crippen LogP contribution in [0, 0.1) is 0 Å². The van der Waals surface area contributed by atoms with E-state index in [1.807, 2.05) is 83.4 Å². The van der Waals surface area contributed by atoms with Crippen LogP contribution in [0.1, 0.15) is 6.42 Å². The number of cyclic esters (lactones) is 1. The molecule has 0 radical (unpaired) electrons. The number of thioether (sulfide) groups is 1. The Morgan fingerprint density at radius 3 is 2.34 bits per heavy atom. The quantitative estimate of drug-likeness (QED) is 0.337. The molecule has 1 fully saturated rings. The highest BCUT2D eigenvalue weighted by atomic mass is 35.5. The van der Waals surface area contributed by atoms with Gasteiger partial charge in [-0.15, -0.1) is 10.2 Å². The summed E-state index contributed by atoms with van der Waals surface area (Å²) in [6.45, 7) is 0.431. The zero-order valence-corrected chi connectivity index (χ0v) is 18.4. The van der Waals surface area contributed by atoms with Crippen LogP contribution in [0.4, 0.5) is 0 Å². The van der Waals surface area contributed by atoms with E-state index in [9.17, 15) is 4.79 Å². The predicted octanol–water partition coefficient (Wildman–Crippen LogP) is 5.79. The zero-order chi connectivity index (χ0) is 21.9. The minimum atomic E-state index is -0.295. The van der Waals surface area contributed by atoms with E-state index >= 15 is 0 Å². The van der Waals surface area contributed by atoms with E-state index in [0.29, 0.717) is 29.0 Å². The highest BCUT2D eigenvalue weighted by Gasteiger charge is 2.30.